The molecule has 0 aromatic carbocycles. The molecule has 0 aliphatic rings. The molecular weight excluding hydrogens is 176 g/mol. The van der Waals surface area contributed by atoms with E-state index in [1.54, 1.807) is 11.3 Å². The van der Waals surface area contributed by atoms with Crippen molar-refractivity contribution in [3.63, 3.8) is 0 Å². The summed E-state index contributed by atoms with van der Waals surface area (Å²) in [5, 5.41) is 2.11. The fourth-order valence-corrected chi connectivity index (χ4v) is 1.75. The van der Waals surface area contributed by atoms with Crippen molar-refractivity contribution in [2.75, 3.05) is 0 Å². The first-order chi connectivity index (χ1) is 6.15. The van der Waals surface area contributed by atoms with Gasteiger partial charge in [0.05, 0.1) is 0 Å². The van der Waals surface area contributed by atoms with Crippen LogP contribution in [0.3, 0.4) is 0 Å². The molecule has 13 heavy (non-hydrogen) atoms. The predicted octanol–water partition coefficient (Wildman–Crippen LogP) is 4.45. The molecule has 0 aliphatic heterocycles. The van der Waals surface area contributed by atoms with Crippen LogP contribution >= 0.6 is 11.3 Å². The van der Waals surface area contributed by atoms with Gasteiger partial charge in [-0.1, -0.05) is 38.2 Å². The highest BCUT2D eigenvalue weighted by Crippen LogP contribution is 2.22. The molecule has 0 N–H and O–H groups in total. The number of hydrogen-bond acceptors (Lipinski definition) is 1. The molecular formula is C12H16S. The molecule has 1 heterocycles. The molecule has 0 aliphatic carbocycles. The summed E-state index contributed by atoms with van der Waals surface area (Å²) < 4.78 is 0. The molecule has 0 fully saturated rings. The summed E-state index contributed by atoms with van der Waals surface area (Å²) >= 11 is 1.74. The normalized spacial score (nSPS) is 12.2. The van der Waals surface area contributed by atoms with Crippen molar-refractivity contribution in [2.24, 2.45) is 5.92 Å². The molecule has 70 valence electrons. The Bertz CT molecular complexity index is 316. The third-order valence-corrected chi connectivity index (χ3v) is 3.13. The van der Waals surface area contributed by atoms with Gasteiger partial charge >= 0.3 is 0 Å². The first kappa shape index (κ1) is 10.3. The second kappa shape index (κ2) is 4.43. The van der Waals surface area contributed by atoms with Crippen LogP contribution in [0.5, 0.6) is 0 Å². The van der Waals surface area contributed by atoms with E-state index in [4.69, 9.17) is 0 Å². The topological polar surface area (TPSA) is 0 Å². The van der Waals surface area contributed by atoms with Crippen LogP contribution < -0.4 is 0 Å². The molecule has 1 aromatic heterocycles. The van der Waals surface area contributed by atoms with Gasteiger partial charge in [0, 0.05) is 4.88 Å². The van der Waals surface area contributed by atoms with Gasteiger partial charge in [0.1, 0.15) is 0 Å². The number of allylic oxidation sites excluding steroid dienone is 1. The first-order valence-electron chi connectivity index (χ1n) is 4.53. The Kier molecular flexibility index (Phi) is 3.49. The van der Waals surface area contributed by atoms with Gasteiger partial charge in [-0.2, -0.15) is 0 Å². The second-order valence-corrected chi connectivity index (χ2v) is 4.44. The lowest BCUT2D eigenvalue weighted by Crippen LogP contribution is -1.87. The minimum atomic E-state index is 0.623. The molecule has 1 heteroatoms. The molecule has 0 bridgehead atoms. The predicted molar refractivity (Wildman–Crippen MR) is 62.9 cm³/mol. The second-order valence-electron chi connectivity index (χ2n) is 3.49. The van der Waals surface area contributed by atoms with Crippen molar-refractivity contribution in [1.29, 1.82) is 0 Å². The fourth-order valence-electron chi connectivity index (χ4n) is 1.03. The zero-order valence-electron chi connectivity index (χ0n) is 8.50. The highest BCUT2D eigenvalue weighted by molar-refractivity contribution is 7.11. The van der Waals surface area contributed by atoms with E-state index in [0.29, 0.717) is 5.92 Å². The fraction of sp³-hybridized carbons (Fsp3) is 0.333. The molecule has 0 saturated carbocycles. The number of rotatable bonds is 3. The zero-order valence-corrected chi connectivity index (χ0v) is 9.32. The van der Waals surface area contributed by atoms with E-state index in [-0.39, 0.29) is 0 Å². The van der Waals surface area contributed by atoms with Gasteiger partial charge in [0.15, 0.2) is 0 Å². The molecule has 0 amide bonds. The van der Waals surface area contributed by atoms with Crippen molar-refractivity contribution in [3.8, 4) is 0 Å². The quantitative estimate of drug-likeness (QED) is 0.663. The lowest BCUT2D eigenvalue weighted by Gasteiger charge is -2.04. The van der Waals surface area contributed by atoms with Gasteiger partial charge in [0.2, 0.25) is 0 Å². The SMILES string of the molecule is C=Cc1sccc1/C=C(\C)C(C)C. The van der Waals surface area contributed by atoms with Crippen LogP contribution in [0, 0.1) is 5.92 Å². The van der Waals surface area contributed by atoms with Crippen molar-refractivity contribution in [3.05, 3.63) is 34.0 Å². The lowest BCUT2D eigenvalue weighted by molar-refractivity contribution is 0.776. The van der Waals surface area contributed by atoms with Crippen LogP contribution in [0.15, 0.2) is 23.6 Å². The van der Waals surface area contributed by atoms with Crippen LogP contribution in [-0.2, 0) is 0 Å². The van der Waals surface area contributed by atoms with Crippen LogP contribution in [-0.4, -0.2) is 0 Å². The highest BCUT2D eigenvalue weighted by atomic mass is 32.1. The summed E-state index contributed by atoms with van der Waals surface area (Å²) in [4.78, 5) is 1.26. The van der Waals surface area contributed by atoms with Crippen molar-refractivity contribution < 1.29 is 0 Å². The van der Waals surface area contributed by atoms with Crippen LogP contribution in [0.25, 0.3) is 12.2 Å². The summed E-state index contributed by atoms with van der Waals surface area (Å²) in [5.74, 6) is 0.623. The van der Waals surface area contributed by atoms with Crippen LogP contribution in [0.4, 0.5) is 0 Å². The minimum absolute atomic E-state index is 0.623. The van der Waals surface area contributed by atoms with E-state index >= 15 is 0 Å². The maximum absolute atomic E-state index is 3.80. The van der Waals surface area contributed by atoms with Gasteiger partial charge in [-0.15, -0.1) is 11.3 Å². The Balaban J connectivity index is 2.96. The van der Waals surface area contributed by atoms with Crippen molar-refractivity contribution in [2.45, 2.75) is 20.8 Å². The summed E-state index contributed by atoms with van der Waals surface area (Å²) in [6, 6.07) is 2.15. The Morgan fingerprint density at radius 1 is 1.54 bits per heavy atom. The number of hydrogen-bond donors (Lipinski definition) is 0. The van der Waals surface area contributed by atoms with Crippen LogP contribution in [0.2, 0.25) is 0 Å². The third kappa shape index (κ3) is 2.56. The molecule has 0 saturated heterocycles. The molecule has 0 atom stereocenters. The molecule has 0 unspecified atom stereocenters. The maximum atomic E-state index is 3.80. The Hall–Kier alpha value is -0.820. The molecule has 0 spiro atoms. The van der Waals surface area contributed by atoms with Gasteiger partial charge in [-0.05, 0) is 29.9 Å². The van der Waals surface area contributed by atoms with Gasteiger partial charge in [-0.25, -0.2) is 0 Å². The van der Waals surface area contributed by atoms with Gasteiger partial charge < -0.3 is 0 Å². The van der Waals surface area contributed by atoms with E-state index in [1.807, 2.05) is 6.08 Å². The monoisotopic (exact) mass is 192 g/mol. The average Bonchev–Trinajstić information content (AvgIpc) is 2.51. The summed E-state index contributed by atoms with van der Waals surface area (Å²) in [5.41, 5.74) is 2.72. The number of thiophene rings is 1. The Morgan fingerprint density at radius 3 is 2.77 bits per heavy atom. The van der Waals surface area contributed by atoms with Crippen molar-refractivity contribution >= 4 is 23.5 Å². The molecule has 0 radical (unpaired) electrons. The molecule has 0 nitrogen and oxygen atoms in total. The van der Waals surface area contributed by atoms with Crippen LogP contribution in [0.1, 0.15) is 31.2 Å². The third-order valence-electron chi connectivity index (χ3n) is 2.21. The summed E-state index contributed by atoms with van der Waals surface area (Å²) in [6.45, 7) is 10.4. The Labute approximate surface area is 84.6 Å². The highest BCUT2D eigenvalue weighted by Gasteiger charge is 2.00. The van der Waals surface area contributed by atoms with Crippen molar-refractivity contribution in [1.82, 2.24) is 0 Å². The Morgan fingerprint density at radius 2 is 2.23 bits per heavy atom. The van der Waals surface area contributed by atoms with Gasteiger partial charge in [-0.3, -0.25) is 0 Å². The minimum Gasteiger partial charge on any atom is -0.144 e. The van der Waals surface area contributed by atoms with E-state index in [1.165, 1.54) is 16.0 Å². The maximum Gasteiger partial charge on any atom is 0.0336 e. The first-order valence-corrected chi connectivity index (χ1v) is 5.41. The average molecular weight is 192 g/mol. The summed E-state index contributed by atoms with van der Waals surface area (Å²) in [6.07, 6.45) is 4.17. The zero-order chi connectivity index (χ0) is 9.84. The smallest absolute Gasteiger partial charge is 0.0336 e. The van der Waals surface area contributed by atoms with Gasteiger partial charge in [0.25, 0.3) is 0 Å². The standard InChI is InChI=1S/C12H16S/c1-5-12-11(6-7-13-12)8-10(4)9(2)3/h5-9H,1H2,2-4H3/b10-8+. The molecule has 1 rings (SSSR count). The molecule has 1 aromatic rings. The van der Waals surface area contributed by atoms with E-state index in [2.05, 4.69) is 44.9 Å². The van der Waals surface area contributed by atoms with E-state index < -0.39 is 0 Å². The lowest BCUT2D eigenvalue weighted by atomic mass is 10.0. The largest absolute Gasteiger partial charge is 0.144 e. The van der Waals surface area contributed by atoms with E-state index in [0.717, 1.165) is 0 Å². The van der Waals surface area contributed by atoms with E-state index in [9.17, 15) is 0 Å². The summed E-state index contributed by atoms with van der Waals surface area (Å²) in [7, 11) is 0.